The van der Waals surface area contributed by atoms with Gasteiger partial charge in [0.05, 0.1) is 4.90 Å². The Labute approximate surface area is 164 Å². The number of aryl methyl sites for hydroxylation is 1. The lowest BCUT2D eigenvalue weighted by Crippen LogP contribution is -2.46. The Morgan fingerprint density at radius 1 is 1.18 bits per heavy atom. The number of nitrogens with one attached hydrogen (secondary N) is 2. The van der Waals surface area contributed by atoms with Gasteiger partial charge >= 0.3 is 11.8 Å². The molecule has 9 heteroatoms. The van der Waals surface area contributed by atoms with Crippen LogP contribution in [-0.2, 0) is 19.6 Å². The molecular formula is C19H26FN3O4S. The number of hydrogen-bond donors (Lipinski definition) is 2. The quantitative estimate of drug-likeness (QED) is 0.693. The minimum absolute atomic E-state index is 0.0751. The molecule has 0 radical (unpaired) electrons. The SMILES string of the molecule is Cc1cc(S(=O)(=O)N2CCCC[C@H]2CCNC(=O)C(=O)NC2CC2)ccc1F. The van der Waals surface area contributed by atoms with Gasteiger partial charge in [-0.1, -0.05) is 6.42 Å². The summed E-state index contributed by atoms with van der Waals surface area (Å²) < 4.78 is 41.1. The van der Waals surface area contributed by atoms with Crippen LogP contribution in [0.1, 0.15) is 44.1 Å². The third kappa shape index (κ3) is 4.88. The molecule has 1 aliphatic heterocycles. The van der Waals surface area contributed by atoms with Gasteiger partial charge in [-0.3, -0.25) is 9.59 Å². The van der Waals surface area contributed by atoms with Gasteiger partial charge in [-0.15, -0.1) is 0 Å². The van der Waals surface area contributed by atoms with Crippen LogP contribution in [0.5, 0.6) is 0 Å². The van der Waals surface area contributed by atoms with E-state index in [1.807, 2.05) is 0 Å². The second kappa shape index (κ2) is 8.57. The first-order chi connectivity index (χ1) is 13.3. The van der Waals surface area contributed by atoms with Crippen molar-refractivity contribution in [3.05, 3.63) is 29.6 Å². The highest BCUT2D eigenvalue weighted by Crippen LogP contribution is 2.27. The number of halogens is 1. The highest BCUT2D eigenvalue weighted by Gasteiger charge is 2.33. The van der Waals surface area contributed by atoms with Crippen LogP contribution in [0.3, 0.4) is 0 Å². The first-order valence-corrected chi connectivity index (χ1v) is 11.1. The number of benzene rings is 1. The summed E-state index contributed by atoms with van der Waals surface area (Å²) in [4.78, 5) is 23.6. The maximum Gasteiger partial charge on any atom is 0.309 e. The molecule has 1 atom stereocenters. The predicted octanol–water partition coefficient (Wildman–Crippen LogP) is 1.46. The van der Waals surface area contributed by atoms with E-state index in [0.717, 1.165) is 25.7 Å². The van der Waals surface area contributed by atoms with Crippen LogP contribution in [0.4, 0.5) is 4.39 Å². The molecule has 2 amide bonds. The first-order valence-electron chi connectivity index (χ1n) is 9.65. The molecule has 154 valence electrons. The number of piperidine rings is 1. The summed E-state index contributed by atoms with van der Waals surface area (Å²) >= 11 is 0. The van der Waals surface area contributed by atoms with E-state index in [-0.39, 0.29) is 29.1 Å². The van der Waals surface area contributed by atoms with Crippen LogP contribution >= 0.6 is 0 Å². The van der Waals surface area contributed by atoms with Gasteiger partial charge in [-0.25, -0.2) is 12.8 Å². The van der Waals surface area contributed by atoms with E-state index in [0.29, 0.717) is 19.4 Å². The Morgan fingerprint density at radius 2 is 1.93 bits per heavy atom. The summed E-state index contributed by atoms with van der Waals surface area (Å²) in [6.45, 7) is 2.14. The molecule has 2 aliphatic rings. The van der Waals surface area contributed by atoms with Gasteiger partial charge in [0.1, 0.15) is 5.82 Å². The van der Waals surface area contributed by atoms with E-state index in [9.17, 15) is 22.4 Å². The lowest BCUT2D eigenvalue weighted by atomic mass is 10.0. The van der Waals surface area contributed by atoms with E-state index in [1.165, 1.54) is 29.4 Å². The van der Waals surface area contributed by atoms with Gasteiger partial charge in [0.15, 0.2) is 0 Å². The molecule has 0 aromatic heterocycles. The third-order valence-corrected chi connectivity index (χ3v) is 7.14. The fourth-order valence-electron chi connectivity index (χ4n) is 3.40. The van der Waals surface area contributed by atoms with Gasteiger partial charge in [-0.2, -0.15) is 4.31 Å². The molecular weight excluding hydrogens is 385 g/mol. The van der Waals surface area contributed by atoms with Gasteiger partial charge < -0.3 is 10.6 Å². The van der Waals surface area contributed by atoms with E-state index < -0.39 is 27.7 Å². The molecule has 0 bridgehead atoms. The summed E-state index contributed by atoms with van der Waals surface area (Å²) in [7, 11) is -3.75. The minimum atomic E-state index is -3.75. The molecule has 0 unspecified atom stereocenters. The predicted molar refractivity (Wildman–Crippen MR) is 101 cm³/mol. The van der Waals surface area contributed by atoms with Crippen molar-refractivity contribution in [2.24, 2.45) is 0 Å². The molecule has 0 spiro atoms. The van der Waals surface area contributed by atoms with E-state index in [2.05, 4.69) is 10.6 Å². The highest BCUT2D eigenvalue weighted by molar-refractivity contribution is 7.89. The van der Waals surface area contributed by atoms with Crippen molar-refractivity contribution in [3.63, 3.8) is 0 Å². The zero-order chi connectivity index (χ0) is 20.3. The van der Waals surface area contributed by atoms with E-state index >= 15 is 0 Å². The second-order valence-corrected chi connectivity index (χ2v) is 9.36. The fraction of sp³-hybridized carbons (Fsp3) is 0.579. The van der Waals surface area contributed by atoms with Gasteiger partial charge in [0, 0.05) is 25.2 Å². The van der Waals surface area contributed by atoms with Crippen molar-refractivity contribution >= 4 is 21.8 Å². The molecule has 2 N–H and O–H groups in total. The zero-order valence-corrected chi connectivity index (χ0v) is 16.7. The maximum atomic E-state index is 13.5. The summed E-state index contributed by atoms with van der Waals surface area (Å²) in [6.07, 6.45) is 4.56. The van der Waals surface area contributed by atoms with Gasteiger partial charge in [0.2, 0.25) is 10.0 Å². The number of carbonyl (C=O) groups is 2. The highest BCUT2D eigenvalue weighted by atomic mass is 32.2. The molecule has 1 aliphatic carbocycles. The van der Waals surface area contributed by atoms with Crippen molar-refractivity contribution in [2.75, 3.05) is 13.1 Å². The Kier molecular flexibility index (Phi) is 6.34. The monoisotopic (exact) mass is 411 g/mol. The lowest BCUT2D eigenvalue weighted by molar-refractivity contribution is -0.139. The molecule has 1 saturated carbocycles. The molecule has 1 heterocycles. The number of hydrogen-bond acceptors (Lipinski definition) is 4. The third-order valence-electron chi connectivity index (χ3n) is 5.19. The van der Waals surface area contributed by atoms with Crippen LogP contribution < -0.4 is 10.6 Å². The van der Waals surface area contributed by atoms with Gasteiger partial charge in [0.25, 0.3) is 0 Å². The largest absolute Gasteiger partial charge is 0.348 e. The molecule has 7 nitrogen and oxygen atoms in total. The molecule has 1 aromatic carbocycles. The van der Waals surface area contributed by atoms with Crippen molar-refractivity contribution in [2.45, 2.75) is 62.4 Å². The van der Waals surface area contributed by atoms with E-state index in [4.69, 9.17) is 0 Å². The van der Waals surface area contributed by atoms with Crippen molar-refractivity contribution in [1.82, 2.24) is 14.9 Å². The average Bonchev–Trinajstić information content (AvgIpc) is 3.48. The summed E-state index contributed by atoms with van der Waals surface area (Å²) in [5, 5.41) is 5.19. The first kappa shape index (κ1) is 20.7. The van der Waals surface area contributed by atoms with Crippen LogP contribution in [0.15, 0.2) is 23.1 Å². The van der Waals surface area contributed by atoms with Crippen molar-refractivity contribution in [3.8, 4) is 0 Å². The Bertz CT molecular complexity index is 855. The lowest BCUT2D eigenvalue weighted by Gasteiger charge is -2.34. The molecule has 2 fully saturated rings. The Hall–Kier alpha value is -2.00. The van der Waals surface area contributed by atoms with Crippen LogP contribution in [0, 0.1) is 12.7 Å². The number of sulfonamides is 1. The number of carbonyl (C=O) groups excluding carboxylic acids is 2. The molecule has 28 heavy (non-hydrogen) atoms. The van der Waals surface area contributed by atoms with Crippen LogP contribution in [-0.4, -0.2) is 49.7 Å². The zero-order valence-electron chi connectivity index (χ0n) is 15.9. The van der Waals surface area contributed by atoms with Crippen LogP contribution in [0.2, 0.25) is 0 Å². The molecule has 1 saturated heterocycles. The van der Waals surface area contributed by atoms with E-state index in [1.54, 1.807) is 0 Å². The second-order valence-electron chi connectivity index (χ2n) is 7.47. The molecule has 3 rings (SSSR count). The standard InChI is InChI=1S/C19H26FN3O4S/c1-13-12-16(7-8-17(13)20)28(26,27)23-11-3-2-4-15(23)9-10-21-18(24)19(25)22-14-5-6-14/h7-8,12,14-15H,2-6,9-11H2,1H3,(H,21,24)(H,22,25)/t15-/m0/s1. The number of rotatable bonds is 6. The topological polar surface area (TPSA) is 95.6 Å². The smallest absolute Gasteiger partial charge is 0.309 e. The van der Waals surface area contributed by atoms with Crippen molar-refractivity contribution < 1.29 is 22.4 Å². The summed E-state index contributed by atoms with van der Waals surface area (Å²) in [5.74, 6) is -1.77. The summed E-state index contributed by atoms with van der Waals surface area (Å²) in [6, 6.07) is 3.64. The Morgan fingerprint density at radius 3 is 2.61 bits per heavy atom. The average molecular weight is 411 g/mol. The fourth-order valence-corrected chi connectivity index (χ4v) is 5.21. The molecule has 1 aromatic rings. The van der Waals surface area contributed by atoms with Crippen LogP contribution in [0.25, 0.3) is 0 Å². The number of nitrogens with zero attached hydrogens (tertiary/aromatic N) is 1. The maximum absolute atomic E-state index is 13.5. The van der Waals surface area contributed by atoms with Gasteiger partial charge in [-0.05, 0) is 62.8 Å². The van der Waals surface area contributed by atoms with Crippen molar-refractivity contribution in [1.29, 1.82) is 0 Å². The normalized spacial score (nSPS) is 20.6. The number of amides is 2. The summed E-state index contributed by atoms with van der Waals surface area (Å²) in [5.41, 5.74) is 0.281. The Balaban J connectivity index is 1.62. The minimum Gasteiger partial charge on any atom is -0.348 e.